The Labute approximate surface area is 138 Å². The van der Waals surface area contributed by atoms with Crippen molar-refractivity contribution in [3.05, 3.63) is 0 Å². The third-order valence-corrected chi connectivity index (χ3v) is 5.76. The largest absolute Gasteiger partial charge is 0.453 e. The highest BCUT2D eigenvalue weighted by molar-refractivity contribution is 5.75. The molecule has 0 unspecified atom stereocenters. The standard InChI is InChI=1S/C17H29N3O3/c1-23-17(22)19-11-8-14(9-12-19)18-16(21)20-10-4-7-15(20)13-5-2-3-6-13/h13-15H,2-12H2,1H3,(H,18,21)/t15-/m0/s1. The molecular weight excluding hydrogens is 294 g/mol. The third-order valence-electron chi connectivity index (χ3n) is 5.76. The maximum absolute atomic E-state index is 12.7. The van der Waals surface area contributed by atoms with E-state index in [1.807, 2.05) is 0 Å². The Morgan fingerprint density at radius 3 is 2.30 bits per heavy atom. The summed E-state index contributed by atoms with van der Waals surface area (Å²) in [5.41, 5.74) is 0. The van der Waals surface area contributed by atoms with Gasteiger partial charge in [-0.3, -0.25) is 0 Å². The van der Waals surface area contributed by atoms with Crippen molar-refractivity contribution in [3.8, 4) is 0 Å². The van der Waals surface area contributed by atoms with E-state index >= 15 is 0 Å². The summed E-state index contributed by atoms with van der Waals surface area (Å²) in [4.78, 5) is 28.0. The van der Waals surface area contributed by atoms with Gasteiger partial charge in [0.15, 0.2) is 0 Å². The summed E-state index contributed by atoms with van der Waals surface area (Å²) < 4.78 is 4.75. The predicted octanol–water partition coefficient (Wildman–Crippen LogP) is 2.58. The van der Waals surface area contributed by atoms with Crippen LogP contribution in [0.2, 0.25) is 0 Å². The summed E-state index contributed by atoms with van der Waals surface area (Å²) in [5.74, 6) is 0.712. The highest BCUT2D eigenvalue weighted by atomic mass is 16.5. The van der Waals surface area contributed by atoms with E-state index in [9.17, 15) is 9.59 Å². The van der Waals surface area contributed by atoms with Gasteiger partial charge >= 0.3 is 12.1 Å². The monoisotopic (exact) mass is 323 g/mol. The Morgan fingerprint density at radius 1 is 0.957 bits per heavy atom. The number of ether oxygens (including phenoxy) is 1. The van der Waals surface area contributed by atoms with Crippen LogP contribution in [0.3, 0.4) is 0 Å². The third kappa shape index (κ3) is 3.72. The smallest absolute Gasteiger partial charge is 0.409 e. The van der Waals surface area contributed by atoms with Crippen LogP contribution in [0.1, 0.15) is 51.4 Å². The van der Waals surface area contributed by atoms with Crippen molar-refractivity contribution in [2.45, 2.75) is 63.5 Å². The normalized spacial score (nSPS) is 26.6. The number of nitrogens with zero attached hydrogens (tertiary/aromatic N) is 2. The van der Waals surface area contributed by atoms with Gasteiger partial charge in [0.2, 0.25) is 0 Å². The first-order valence-electron chi connectivity index (χ1n) is 9.09. The minimum absolute atomic E-state index is 0.107. The van der Waals surface area contributed by atoms with Crippen LogP contribution in [0.15, 0.2) is 0 Å². The van der Waals surface area contributed by atoms with Gasteiger partial charge in [-0.25, -0.2) is 9.59 Å². The van der Waals surface area contributed by atoms with Crippen LogP contribution in [-0.4, -0.2) is 60.8 Å². The van der Waals surface area contributed by atoms with E-state index in [-0.39, 0.29) is 18.2 Å². The summed E-state index contributed by atoms with van der Waals surface area (Å²) >= 11 is 0. The van der Waals surface area contributed by atoms with Crippen molar-refractivity contribution < 1.29 is 14.3 Å². The zero-order valence-corrected chi connectivity index (χ0v) is 14.1. The van der Waals surface area contributed by atoms with E-state index in [0.29, 0.717) is 25.0 Å². The van der Waals surface area contributed by atoms with Crippen molar-refractivity contribution in [2.24, 2.45) is 5.92 Å². The number of nitrogens with one attached hydrogen (secondary N) is 1. The van der Waals surface area contributed by atoms with Crippen LogP contribution in [0, 0.1) is 5.92 Å². The number of carbonyl (C=O) groups is 2. The van der Waals surface area contributed by atoms with Crippen LogP contribution in [-0.2, 0) is 4.74 Å². The van der Waals surface area contributed by atoms with Crippen molar-refractivity contribution in [2.75, 3.05) is 26.7 Å². The predicted molar refractivity (Wildman–Crippen MR) is 87.2 cm³/mol. The maximum atomic E-state index is 12.7. The van der Waals surface area contributed by atoms with Crippen LogP contribution in [0.4, 0.5) is 9.59 Å². The molecule has 2 saturated heterocycles. The molecule has 1 N–H and O–H groups in total. The first-order valence-corrected chi connectivity index (χ1v) is 9.09. The Balaban J connectivity index is 1.48. The lowest BCUT2D eigenvalue weighted by Gasteiger charge is -2.34. The highest BCUT2D eigenvalue weighted by Crippen LogP contribution is 2.35. The first kappa shape index (κ1) is 16.4. The molecule has 0 bridgehead atoms. The van der Waals surface area contributed by atoms with Crippen LogP contribution in [0.5, 0.6) is 0 Å². The fourth-order valence-electron chi connectivity index (χ4n) is 4.47. The molecule has 0 aromatic rings. The number of methoxy groups -OCH3 is 1. The van der Waals surface area contributed by atoms with E-state index in [1.54, 1.807) is 4.90 Å². The number of urea groups is 1. The number of hydrogen-bond donors (Lipinski definition) is 1. The Hall–Kier alpha value is -1.46. The SMILES string of the molecule is COC(=O)N1CCC(NC(=O)N2CCC[C@H]2C2CCCC2)CC1. The summed E-state index contributed by atoms with van der Waals surface area (Å²) in [7, 11) is 1.41. The van der Waals surface area contributed by atoms with E-state index < -0.39 is 0 Å². The molecule has 1 saturated carbocycles. The zero-order chi connectivity index (χ0) is 16.2. The number of hydrogen-bond acceptors (Lipinski definition) is 3. The van der Waals surface area contributed by atoms with Crippen LogP contribution >= 0.6 is 0 Å². The number of rotatable bonds is 2. The number of likely N-dealkylation sites (tertiary alicyclic amines) is 2. The summed E-state index contributed by atoms with van der Waals surface area (Å²) in [6.45, 7) is 2.21. The summed E-state index contributed by atoms with van der Waals surface area (Å²) in [6.07, 6.45) is 8.86. The second-order valence-corrected chi connectivity index (χ2v) is 7.13. The lowest BCUT2D eigenvalue weighted by atomic mass is 9.96. The lowest BCUT2D eigenvalue weighted by Crippen LogP contribution is -2.52. The van der Waals surface area contributed by atoms with Gasteiger partial charge in [0.25, 0.3) is 0 Å². The van der Waals surface area contributed by atoms with Gasteiger partial charge in [-0.1, -0.05) is 12.8 Å². The Kier molecular flexibility index (Phi) is 5.28. The van der Waals surface area contributed by atoms with Gasteiger partial charge in [0.05, 0.1) is 7.11 Å². The molecule has 3 aliphatic rings. The molecule has 0 aromatic carbocycles. The maximum Gasteiger partial charge on any atom is 0.409 e. The molecule has 1 atom stereocenters. The molecule has 0 radical (unpaired) electrons. The van der Waals surface area contributed by atoms with Crippen LogP contribution in [0.25, 0.3) is 0 Å². The van der Waals surface area contributed by atoms with E-state index in [0.717, 1.165) is 25.8 Å². The molecule has 3 rings (SSSR count). The molecule has 3 fully saturated rings. The molecule has 0 aromatic heterocycles. The van der Waals surface area contributed by atoms with Crippen molar-refractivity contribution in [3.63, 3.8) is 0 Å². The molecule has 130 valence electrons. The molecule has 0 spiro atoms. The van der Waals surface area contributed by atoms with Gasteiger partial charge in [-0.15, -0.1) is 0 Å². The minimum Gasteiger partial charge on any atom is -0.453 e. The lowest BCUT2D eigenvalue weighted by molar-refractivity contribution is 0.109. The number of amides is 3. The molecule has 2 aliphatic heterocycles. The second-order valence-electron chi connectivity index (χ2n) is 7.13. The fourth-order valence-corrected chi connectivity index (χ4v) is 4.47. The summed E-state index contributed by atoms with van der Waals surface area (Å²) in [6, 6.07) is 0.733. The van der Waals surface area contributed by atoms with E-state index in [4.69, 9.17) is 4.74 Å². The second kappa shape index (κ2) is 7.41. The van der Waals surface area contributed by atoms with Crippen LogP contribution < -0.4 is 5.32 Å². The highest BCUT2D eigenvalue weighted by Gasteiger charge is 2.36. The van der Waals surface area contributed by atoms with E-state index in [2.05, 4.69) is 10.2 Å². The quantitative estimate of drug-likeness (QED) is 0.849. The topological polar surface area (TPSA) is 61.9 Å². The molecule has 3 amide bonds. The molecule has 6 heteroatoms. The minimum atomic E-state index is -0.268. The molecule has 6 nitrogen and oxygen atoms in total. The van der Waals surface area contributed by atoms with E-state index in [1.165, 1.54) is 39.2 Å². The van der Waals surface area contributed by atoms with Gasteiger partial charge < -0.3 is 19.9 Å². The zero-order valence-electron chi connectivity index (χ0n) is 14.1. The number of piperidine rings is 1. The summed E-state index contributed by atoms with van der Waals surface area (Å²) in [5, 5.41) is 3.20. The van der Waals surface area contributed by atoms with Crippen molar-refractivity contribution in [1.82, 2.24) is 15.1 Å². The molecule has 23 heavy (non-hydrogen) atoms. The average Bonchev–Trinajstić information content (AvgIpc) is 3.25. The molecule has 1 aliphatic carbocycles. The van der Waals surface area contributed by atoms with Gasteiger partial charge in [-0.05, 0) is 44.4 Å². The van der Waals surface area contributed by atoms with Gasteiger partial charge in [0, 0.05) is 31.7 Å². The first-order chi connectivity index (χ1) is 11.2. The average molecular weight is 323 g/mol. The Morgan fingerprint density at radius 2 is 1.65 bits per heavy atom. The van der Waals surface area contributed by atoms with Gasteiger partial charge in [0.1, 0.15) is 0 Å². The molecule has 2 heterocycles. The van der Waals surface area contributed by atoms with Crippen molar-refractivity contribution >= 4 is 12.1 Å². The van der Waals surface area contributed by atoms with Gasteiger partial charge in [-0.2, -0.15) is 0 Å². The fraction of sp³-hybridized carbons (Fsp3) is 0.882. The number of carbonyl (C=O) groups excluding carboxylic acids is 2. The molecular formula is C17H29N3O3. The Bertz CT molecular complexity index is 429. The van der Waals surface area contributed by atoms with Crippen molar-refractivity contribution in [1.29, 1.82) is 0 Å².